The number of guanidine groups is 1. The van der Waals surface area contributed by atoms with E-state index in [1.54, 1.807) is 13.0 Å². The van der Waals surface area contributed by atoms with Crippen LogP contribution in [0.15, 0.2) is 23.2 Å². The summed E-state index contributed by atoms with van der Waals surface area (Å²) >= 11 is 0. The second-order valence-electron chi connectivity index (χ2n) is 6.16. The first-order valence-electron chi connectivity index (χ1n) is 8.69. The van der Waals surface area contributed by atoms with E-state index in [-0.39, 0.29) is 29.8 Å². The molecule has 5 nitrogen and oxygen atoms in total. The molecule has 1 aliphatic heterocycles. The fraction of sp³-hybridized carbons (Fsp3) is 0.611. The van der Waals surface area contributed by atoms with Gasteiger partial charge in [0.15, 0.2) is 5.96 Å². The van der Waals surface area contributed by atoms with Crippen molar-refractivity contribution < 1.29 is 9.13 Å². The Morgan fingerprint density at radius 3 is 2.68 bits per heavy atom. The zero-order valence-electron chi connectivity index (χ0n) is 15.3. The topological polar surface area (TPSA) is 48.9 Å². The average molecular weight is 464 g/mol. The molecule has 2 N–H and O–H groups in total. The van der Waals surface area contributed by atoms with E-state index >= 15 is 0 Å². The van der Waals surface area contributed by atoms with Gasteiger partial charge in [0.05, 0.1) is 19.8 Å². The molecule has 1 fully saturated rings. The summed E-state index contributed by atoms with van der Waals surface area (Å²) in [6, 6.07) is 5.55. The Labute approximate surface area is 167 Å². The molecule has 0 aliphatic carbocycles. The van der Waals surface area contributed by atoms with E-state index in [4.69, 9.17) is 4.74 Å². The molecule has 1 aromatic rings. The lowest BCUT2D eigenvalue weighted by atomic mass is 10.1. The van der Waals surface area contributed by atoms with Crippen molar-refractivity contribution in [2.45, 2.75) is 33.4 Å². The van der Waals surface area contributed by atoms with Crippen LogP contribution in [0.25, 0.3) is 0 Å². The number of rotatable bonds is 6. The lowest BCUT2D eigenvalue weighted by Crippen LogP contribution is -2.49. The van der Waals surface area contributed by atoms with Crippen LogP contribution in [0.4, 0.5) is 4.39 Å². The van der Waals surface area contributed by atoms with E-state index in [1.165, 1.54) is 6.07 Å². The zero-order chi connectivity index (χ0) is 17.4. The highest BCUT2D eigenvalue weighted by atomic mass is 127. The molecule has 1 saturated heterocycles. The Bertz CT molecular complexity index is 550. The van der Waals surface area contributed by atoms with Gasteiger partial charge in [0, 0.05) is 32.2 Å². The van der Waals surface area contributed by atoms with Crippen LogP contribution in [0.1, 0.15) is 25.0 Å². The summed E-state index contributed by atoms with van der Waals surface area (Å²) in [6.45, 7) is 11.8. The van der Waals surface area contributed by atoms with Gasteiger partial charge < -0.3 is 15.4 Å². The predicted molar refractivity (Wildman–Crippen MR) is 111 cm³/mol. The van der Waals surface area contributed by atoms with Crippen molar-refractivity contribution in [2.24, 2.45) is 4.99 Å². The molecule has 2 rings (SSSR count). The first-order valence-corrected chi connectivity index (χ1v) is 8.69. The highest BCUT2D eigenvalue weighted by Gasteiger charge is 2.16. The van der Waals surface area contributed by atoms with Crippen molar-refractivity contribution in [2.75, 3.05) is 39.4 Å². The zero-order valence-corrected chi connectivity index (χ0v) is 17.7. The van der Waals surface area contributed by atoms with E-state index < -0.39 is 0 Å². The van der Waals surface area contributed by atoms with Gasteiger partial charge in [0.1, 0.15) is 5.82 Å². The first kappa shape index (κ1) is 22.1. The van der Waals surface area contributed by atoms with Crippen LogP contribution in [0, 0.1) is 12.7 Å². The van der Waals surface area contributed by atoms with Gasteiger partial charge in [-0.25, -0.2) is 9.38 Å². The summed E-state index contributed by atoms with van der Waals surface area (Å²) in [7, 11) is 0. The minimum atomic E-state index is -0.174. The highest BCUT2D eigenvalue weighted by Crippen LogP contribution is 2.10. The Morgan fingerprint density at radius 2 is 2.04 bits per heavy atom. The van der Waals surface area contributed by atoms with Crippen molar-refractivity contribution in [3.63, 3.8) is 0 Å². The summed E-state index contributed by atoms with van der Waals surface area (Å²) in [6.07, 6.45) is 0. The number of nitrogens with zero attached hydrogens (tertiary/aromatic N) is 2. The number of hydrogen-bond acceptors (Lipinski definition) is 3. The summed E-state index contributed by atoms with van der Waals surface area (Å²) < 4.78 is 18.7. The van der Waals surface area contributed by atoms with Gasteiger partial charge in [0.2, 0.25) is 0 Å². The Morgan fingerprint density at radius 1 is 1.32 bits per heavy atom. The third kappa shape index (κ3) is 7.45. The van der Waals surface area contributed by atoms with Crippen molar-refractivity contribution >= 4 is 29.9 Å². The van der Waals surface area contributed by atoms with E-state index in [1.807, 2.05) is 13.0 Å². The van der Waals surface area contributed by atoms with Crippen LogP contribution in [0.5, 0.6) is 0 Å². The lowest BCUT2D eigenvalue weighted by Gasteiger charge is -2.32. The smallest absolute Gasteiger partial charge is 0.191 e. The van der Waals surface area contributed by atoms with Crippen LogP contribution in [0.2, 0.25) is 0 Å². The predicted octanol–water partition coefficient (Wildman–Crippen LogP) is 2.53. The van der Waals surface area contributed by atoms with Crippen LogP contribution >= 0.6 is 24.0 Å². The minimum absolute atomic E-state index is 0. The number of nitrogens with one attached hydrogen (secondary N) is 2. The van der Waals surface area contributed by atoms with Crippen molar-refractivity contribution in [1.29, 1.82) is 0 Å². The maximum Gasteiger partial charge on any atom is 0.191 e. The van der Waals surface area contributed by atoms with Gasteiger partial charge in [-0.05, 0) is 38.0 Å². The molecule has 1 atom stereocenters. The molecule has 142 valence electrons. The van der Waals surface area contributed by atoms with Crippen LogP contribution in [0.3, 0.4) is 0 Å². The Balaban J connectivity index is 0.00000312. The molecule has 0 spiro atoms. The summed E-state index contributed by atoms with van der Waals surface area (Å²) in [5.41, 5.74) is 1.66. The maximum atomic E-state index is 13.3. The third-order valence-corrected chi connectivity index (χ3v) is 4.22. The van der Waals surface area contributed by atoms with Crippen molar-refractivity contribution in [3.8, 4) is 0 Å². The van der Waals surface area contributed by atoms with E-state index in [9.17, 15) is 4.39 Å². The number of aryl methyl sites for hydroxylation is 1. The van der Waals surface area contributed by atoms with Crippen molar-refractivity contribution in [1.82, 2.24) is 15.5 Å². The quantitative estimate of drug-likeness (QED) is 0.386. The number of morpholine rings is 1. The molecule has 1 unspecified atom stereocenters. The minimum Gasteiger partial charge on any atom is -0.379 e. The second-order valence-corrected chi connectivity index (χ2v) is 6.16. The van der Waals surface area contributed by atoms with Gasteiger partial charge in [-0.15, -0.1) is 24.0 Å². The molecule has 25 heavy (non-hydrogen) atoms. The largest absolute Gasteiger partial charge is 0.379 e. The standard InChI is InChI=1S/C18H29FN4O.HI/c1-4-20-18(21-12-15(3)23-7-9-24-10-8-23)22-13-16-5-6-17(19)14(2)11-16;/h5-6,11,15H,4,7-10,12-13H2,1-3H3,(H2,20,21,22);1H. The van der Waals surface area contributed by atoms with E-state index in [0.717, 1.165) is 50.9 Å². The van der Waals surface area contributed by atoms with Crippen molar-refractivity contribution in [3.05, 3.63) is 35.1 Å². The SMILES string of the molecule is CCNC(=NCc1ccc(F)c(C)c1)NCC(C)N1CCOCC1.I. The molecule has 0 aromatic heterocycles. The summed E-state index contributed by atoms with van der Waals surface area (Å²) in [5.74, 6) is 0.617. The van der Waals surface area contributed by atoms with Crippen LogP contribution < -0.4 is 10.6 Å². The number of ether oxygens (including phenoxy) is 1. The summed E-state index contributed by atoms with van der Waals surface area (Å²) in [4.78, 5) is 7.02. The monoisotopic (exact) mass is 464 g/mol. The van der Waals surface area contributed by atoms with Gasteiger partial charge in [0.25, 0.3) is 0 Å². The number of benzene rings is 1. The van der Waals surface area contributed by atoms with Gasteiger partial charge in [-0.3, -0.25) is 4.90 Å². The molecular weight excluding hydrogens is 434 g/mol. The molecule has 0 radical (unpaired) electrons. The molecule has 0 amide bonds. The Kier molecular flexibility index (Phi) is 10.3. The molecule has 1 aromatic carbocycles. The number of aliphatic imine (C=N–C) groups is 1. The maximum absolute atomic E-state index is 13.3. The fourth-order valence-electron chi connectivity index (χ4n) is 2.71. The van der Waals surface area contributed by atoms with E-state index in [0.29, 0.717) is 18.2 Å². The average Bonchev–Trinajstić information content (AvgIpc) is 2.60. The van der Waals surface area contributed by atoms with Gasteiger partial charge >= 0.3 is 0 Å². The van der Waals surface area contributed by atoms with Crippen LogP contribution in [-0.2, 0) is 11.3 Å². The fourth-order valence-corrected chi connectivity index (χ4v) is 2.71. The van der Waals surface area contributed by atoms with Crippen LogP contribution in [-0.4, -0.2) is 56.3 Å². The summed E-state index contributed by atoms with van der Waals surface area (Å²) in [5, 5.41) is 6.66. The lowest BCUT2D eigenvalue weighted by molar-refractivity contribution is 0.0211. The van der Waals surface area contributed by atoms with Gasteiger partial charge in [-0.1, -0.05) is 12.1 Å². The number of halogens is 2. The van der Waals surface area contributed by atoms with E-state index in [2.05, 4.69) is 27.4 Å². The Hall–Kier alpha value is -0.930. The molecular formula is C18H30FIN4O. The molecule has 1 aliphatic rings. The number of hydrogen-bond donors (Lipinski definition) is 2. The highest BCUT2D eigenvalue weighted by molar-refractivity contribution is 14.0. The first-order chi connectivity index (χ1) is 11.6. The molecule has 1 heterocycles. The third-order valence-electron chi connectivity index (χ3n) is 4.22. The second kappa shape index (κ2) is 11.6. The molecule has 0 saturated carbocycles. The molecule has 0 bridgehead atoms. The normalized spacial score (nSPS) is 16.9. The molecule has 7 heteroatoms. The van der Waals surface area contributed by atoms with Gasteiger partial charge in [-0.2, -0.15) is 0 Å².